The van der Waals surface area contributed by atoms with E-state index in [9.17, 15) is 14.9 Å². The zero-order valence-electron chi connectivity index (χ0n) is 15.9. The molecule has 1 amide bonds. The highest BCUT2D eigenvalue weighted by Gasteiger charge is 2.19. The largest absolute Gasteiger partial charge is 0.352 e. The van der Waals surface area contributed by atoms with Gasteiger partial charge in [0.25, 0.3) is 11.6 Å². The fourth-order valence-corrected chi connectivity index (χ4v) is 2.93. The van der Waals surface area contributed by atoms with Crippen LogP contribution in [0.2, 0.25) is 0 Å². The molecule has 1 unspecified atom stereocenters. The Kier molecular flexibility index (Phi) is 5.48. The van der Waals surface area contributed by atoms with Crippen LogP contribution in [0.25, 0.3) is 5.69 Å². The molecule has 0 aliphatic carbocycles. The number of hydrogen-bond donors (Lipinski definition) is 1. The average Bonchev–Trinajstić information content (AvgIpc) is 3.29. The molecule has 0 aliphatic rings. The van der Waals surface area contributed by atoms with Crippen LogP contribution in [0.1, 0.15) is 28.7 Å². The highest BCUT2D eigenvalue weighted by atomic mass is 16.6. The molecule has 1 atom stereocenters. The van der Waals surface area contributed by atoms with E-state index in [1.165, 1.54) is 35.5 Å². The second-order valence-electron chi connectivity index (χ2n) is 6.73. The lowest BCUT2D eigenvalue weighted by atomic mass is 10.1. The van der Waals surface area contributed by atoms with E-state index < -0.39 is 4.92 Å². The van der Waals surface area contributed by atoms with Gasteiger partial charge in [-0.3, -0.25) is 19.6 Å². The zero-order valence-corrected chi connectivity index (χ0v) is 15.9. The van der Waals surface area contributed by atoms with Crippen LogP contribution in [0.3, 0.4) is 0 Å². The van der Waals surface area contributed by atoms with Crippen molar-refractivity contribution in [2.75, 3.05) is 6.54 Å². The summed E-state index contributed by atoms with van der Waals surface area (Å²) in [5, 5.41) is 22.5. The average molecular weight is 383 g/mol. The molecule has 28 heavy (non-hydrogen) atoms. The Balaban J connectivity index is 1.68. The third-order valence-corrected chi connectivity index (χ3v) is 4.30. The lowest BCUT2D eigenvalue weighted by Crippen LogP contribution is -2.30. The number of amides is 1. The van der Waals surface area contributed by atoms with E-state index in [2.05, 4.69) is 20.5 Å². The molecule has 3 rings (SSSR count). The number of hydrogen-bond acceptors (Lipinski definition) is 6. The van der Waals surface area contributed by atoms with E-state index in [-0.39, 0.29) is 28.8 Å². The smallest absolute Gasteiger partial charge is 0.295 e. The second kappa shape index (κ2) is 7.99. The third-order valence-electron chi connectivity index (χ3n) is 4.30. The van der Waals surface area contributed by atoms with Gasteiger partial charge in [-0.15, -0.1) is 0 Å². The monoisotopic (exact) mass is 383 g/mol. The summed E-state index contributed by atoms with van der Waals surface area (Å²) < 4.78 is 3.19. The van der Waals surface area contributed by atoms with E-state index in [0.717, 1.165) is 11.4 Å². The molecule has 0 spiro atoms. The first kappa shape index (κ1) is 19.2. The van der Waals surface area contributed by atoms with Crippen molar-refractivity contribution in [3.05, 3.63) is 64.0 Å². The molecule has 1 N–H and O–H groups in total. The highest BCUT2D eigenvalue weighted by Crippen LogP contribution is 2.23. The molecule has 2 heterocycles. The summed E-state index contributed by atoms with van der Waals surface area (Å²) in [5.41, 5.74) is 2.27. The van der Waals surface area contributed by atoms with Crippen LogP contribution in [-0.4, -0.2) is 41.9 Å². The van der Waals surface area contributed by atoms with E-state index in [1.54, 1.807) is 0 Å². The fourth-order valence-electron chi connectivity index (χ4n) is 2.93. The summed E-state index contributed by atoms with van der Waals surface area (Å²) >= 11 is 0. The minimum absolute atomic E-state index is 0.145. The molecular formula is C18H21N7O3. The maximum absolute atomic E-state index is 12.5. The number of rotatable bonds is 7. The Hall–Kier alpha value is -3.56. The number of nitro benzene ring substituents is 1. The standard InChI is InChI=1S/C18H21N7O3/c1-12(9-23-14(3)6-13(2)22-23)8-20-18(26)15-4-5-16(17(7-15)25(27)28)24-11-19-10-21-24/h4-7,10-12H,8-9H2,1-3H3,(H,20,26). The number of nitrogens with one attached hydrogen (secondary N) is 1. The van der Waals surface area contributed by atoms with Crippen molar-refractivity contribution in [3.8, 4) is 5.69 Å². The summed E-state index contributed by atoms with van der Waals surface area (Å²) in [6.45, 7) is 7.03. The van der Waals surface area contributed by atoms with E-state index in [4.69, 9.17) is 0 Å². The minimum atomic E-state index is -0.542. The van der Waals surface area contributed by atoms with E-state index in [1.807, 2.05) is 31.5 Å². The highest BCUT2D eigenvalue weighted by molar-refractivity contribution is 5.95. The Bertz CT molecular complexity index is 995. The molecule has 0 fully saturated rings. The first-order valence-electron chi connectivity index (χ1n) is 8.78. The number of nitrogens with zero attached hydrogens (tertiary/aromatic N) is 6. The molecule has 0 bridgehead atoms. The first-order valence-corrected chi connectivity index (χ1v) is 8.78. The van der Waals surface area contributed by atoms with Crippen molar-refractivity contribution in [1.29, 1.82) is 0 Å². The molecule has 1 aromatic carbocycles. The number of aromatic nitrogens is 5. The zero-order chi connectivity index (χ0) is 20.3. The maximum Gasteiger partial charge on any atom is 0.295 e. The Labute approximate surface area is 161 Å². The van der Waals surface area contributed by atoms with Gasteiger partial charge >= 0.3 is 0 Å². The molecule has 3 aromatic rings. The molecule has 2 aromatic heterocycles. The molecular weight excluding hydrogens is 362 g/mol. The predicted molar refractivity (Wildman–Crippen MR) is 101 cm³/mol. The van der Waals surface area contributed by atoms with Gasteiger partial charge in [-0.2, -0.15) is 10.2 Å². The number of nitro groups is 1. The van der Waals surface area contributed by atoms with E-state index >= 15 is 0 Å². The summed E-state index contributed by atoms with van der Waals surface area (Å²) in [4.78, 5) is 27.1. The van der Waals surface area contributed by atoms with Crippen LogP contribution in [0.15, 0.2) is 36.9 Å². The van der Waals surface area contributed by atoms with Crippen molar-refractivity contribution in [1.82, 2.24) is 29.9 Å². The predicted octanol–water partition coefficient (Wildman–Crippen LogP) is 2.05. The van der Waals surface area contributed by atoms with Gasteiger partial charge in [0, 0.05) is 30.4 Å². The molecule has 0 saturated carbocycles. The Morgan fingerprint density at radius 2 is 2.11 bits per heavy atom. The van der Waals surface area contributed by atoms with Crippen LogP contribution in [0.5, 0.6) is 0 Å². The van der Waals surface area contributed by atoms with Crippen molar-refractivity contribution in [2.24, 2.45) is 5.92 Å². The molecule has 0 aliphatic heterocycles. The van der Waals surface area contributed by atoms with Gasteiger partial charge in [0.05, 0.1) is 10.6 Å². The van der Waals surface area contributed by atoms with Gasteiger partial charge in [-0.05, 0) is 38.0 Å². The van der Waals surface area contributed by atoms with Gasteiger partial charge in [0.15, 0.2) is 0 Å². The number of benzene rings is 1. The van der Waals surface area contributed by atoms with Crippen LogP contribution < -0.4 is 5.32 Å². The molecule has 10 nitrogen and oxygen atoms in total. The molecule has 146 valence electrons. The van der Waals surface area contributed by atoms with Crippen LogP contribution in [0, 0.1) is 29.9 Å². The summed E-state index contributed by atoms with van der Waals surface area (Å²) in [6, 6.07) is 6.27. The van der Waals surface area contributed by atoms with Gasteiger partial charge in [0.2, 0.25) is 0 Å². The second-order valence-corrected chi connectivity index (χ2v) is 6.73. The quantitative estimate of drug-likeness (QED) is 0.492. The number of carbonyl (C=O) groups is 1. The topological polar surface area (TPSA) is 121 Å². The SMILES string of the molecule is Cc1cc(C)n(CC(C)CNC(=O)c2ccc(-n3cncn3)c([N+](=O)[O-])c2)n1. The third kappa shape index (κ3) is 4.22. The van der Waals surface area contributed by atoms with Crippen molar-refractivity contribution < 1.29 is 9.72 Å². The van der Waals surface area contributed by atoms with Crippen LogP contribution >= 0.6 is 0 Å². The van der Waals surface area contributed by atoms with Crippen LogP contribution in [-0.2, 0) is 6.54 Å². The Morgan fingerprint density at radius 1 is 1.32 bits per heavy atom. The van der Waals surface area contributed by atoms with Gasteiger partial charge in [-0.1, -0.05) is 6.92 Å². The van der Waals surface area contributed by atoms with Crippen LogP contribution in [0.4, 0.5) is 5.69 Å². The van der Waals surface area contributed by atoms with Crippen molar-refractivity contribution in [3.63, 3.8) is 0 Å². The number of aryl methyl sites for hydroxylation is 2. The van der Waals surface area contributed by atoms with Crippen molar-refractivity contribution >= 4 is 11.6 Å². The van der Waals surface area contributed by atoms with Gasteiger partial charge in [0.1, 0.15) is 18.3 Å². The normalized spacial score (nSPS) is 12.0. The van der Waals surface area contributed by atoms with E-state index in [0.29, 0.717) is 13.1 Å². The fraction of sp³-hybridized carbons (Fsp3) is 0.333. The summed E-state index contributed by atoms with van der Waals surface area (Å²) in [7, 11) is 0. The Morgan fingerprint density at radius 3 is 2.71 bits per heavy atom. The minimum Gasteiger partial charge on any atom is -0.352 e. The molecule has 0 radical (unpaired) electrons. The van der Waals surface area contributed by atoms with Crippen molar-refractivity contribution in [2.45, 2.75) is 27.3 Å². The molecule has 10 heteroatoms. The molecule has 0 saturated heterocycles. The summed E-state index contributed by atoms with van der Waals surface area (Å²) in [5.74, 6) is -0.222. The maximum atomic E-state index is 12.5. The van der Waals surface area contributed by atoms with Gasteiger partial charge < -0.3 is 5.32 Å². The van der Waals surface area contributed by atoms with Gasteiger partial charge in [-0.25, -0.2) is 9.67 Å². The summed E-state index contributed by atoms with van der Waals surface area (Å²) in [6.07, 6.45) is 2.65. The number of carbonyl (C=O) groups excluding carboxylic acids is 1. The first-order chi connectivity index (χ1) is 13.3. The lowest BCUT2D eigenvalue weighted by Gasteiger charge is -2.14. The lowest BCUT2D eigenvalue weighted by molar-refractivity contribution is -0.384.